The lowest BCUT2D eigenvalue weighted by molar-refractivity contribution is -0.116. The van der Waals surface area contributed by atoms with Gasteiger partial charge in [-0.3, -0.25) is 14.9 Å². The summed E-state index contributed by atoms with van der Waals surface area (Å²) in [5.74, 6) is -0.0789. The maximum Gasteiger partial charge on any atom is 0.224 e. The van der Waals surface area contributed by atoms with Crippen LogP contribution in [0.4, 0.5) is 11.4 Å². The third kappa shape index (κ3) is 4.50. The molecule has 3 aromatic rings. The van der Waals surface area contributed by atoms with Gasteiger partial charge in [0.25, 0.3) is 0 Å². The van der Waals surface area contributed by atoms with Crippen molar-refractivity contribution in [1.29, 1.82) is 0 Å². The van der Waals surface area contributed by atoms with E-state index in [1.807, 2.05) is 43.3 Å². The summed E-state index contributed by atoms with van der Waals surface area (Å²) in [6.45, 7) is 1.95. The van der Waals surface area contributed by atoms with Crippen molar-refractivity contribution in [3.63, 3.8) is 0 Å². The molecule has 2 amide bonds. The molecule has 2 aromatic carbocycles. The van der Waals surface area contributed by atoms with E-state index < -0.39 is 0 Å². The van der Waals surface area contributed by atoms with Gasteiger partial charge in [-0.2, -0.15) is 0 Å². The standard InChI is InChI=1S/C21H21N5O2/c1-2-6-20(28)24-15-9-10-17-16(11-15)19(26-21(22)23-13-27)12-18(25-17)14-7-4-3-5-8-14/h3-5,7-13H,2,6H2,1H3,(H,24,28)(H3,22,23,25,26,27). The minimum Gasteiger partial charge on any atom is -0.369 e. The number of pyridine rings is 1. The fraction of sp³-hybridized carbons (Fsp3) is 0.143. The van der Waals surface area contributed by atoms with Crippen LogP contribution >= 0.6 is 0 Å². The number of hydrogen-bond donors (Lipinski definition) is 3. The average Bonchev–Trinajstić information content (AvgIpc) is 2.69. The van der Waals surface area contributed by atoms with Crippen LogP contribution in [0.3, 0.4) is 0 Å². The zero-order valence-electron chi connectivity index (χ0n) is 15.5. The molecule has 4 N–H and O–H groups in total. The first kappa shape index (κ1) is 19.0. The van der Waals surface area contributed by atoms with Crippen LogP contribution in [0.15, 0.2) is 59.6 Å². The Morgan fingerprint density at radius 3 is 2.68 bits per heavy atom. The first-order valence-electron chi connectivity index (χ1n) is 8.95. The molecule has 3 rings (SSSR count). The van der Waals surface area contributed by atoms with E-state index in [-0.39, 0.29) is 11.9 Å². The lowest BCUT2D eigenvalue weighted by Gasteiger charge is -2.10. The number of rotatable bonds is 6. The predicted octanol–water partition coefficient (Wildman–Crippen LogP) is 3.33. The van der Waals surface area contributed by atoms with Crippen molar-refractivity contribution in [3.8, 4) is 11.3 Å². The van der Waals surface area contributed by atoms with E-state index in [2.05, 4.69) is 15.6 Å². The van der Waals surface area contributed by atoms with E-state index in [0.717, 1.165) is 17.7 Å². The van der Waals surface area contributed by atoms with Crippen molar-refractivity contribution in [2.45, 2.75) is 19.8 Å². The Hall–Kier alpha value is -3.74. The number of amides is 2. The first-order chi connectivity index (χ1) is 13.6. The van der Waals surface area contributed by atoms with Crippen molar-refractivity contribution >= 4 is 40.6 Å². The fourth-order valence-corrected chi connectivity index (χ4v) is 2.81. The summed E-state index contributed by atoms with van der Waals surface area (Å²) in [5, 5.41) is 5.92. The van der Waals surface area contributed by atoms with E-state index in [0.29, 0.717) is 35.1 Å². The number of nitrogens with one attached hydrogen (secondary N) is 2. The van der Waals surface area contributed by atoms with E-state index in [1.54, 1.807) is 18.2 Å². The summed E-state index contributed by atoms with van der Waals surface area (Å²) in [7, 11) is 0. The second-order valence-electron chi connectivity index (χ2n) is 6.18. The molecule has 0 aliphatic heterocycles. The number of carbonyl (C=O) groups excluding carboxylic acids is 2. The molecule has 0 radical (unpaired) electrons. The van der Waals surface area contributed by atoms with E-state index >= 15 is 0 Å². The molecule has 0 bridgehead atoms. The predicted molar refractivity (Wildman–Crippen MR) is 111 cm³/mol. The van der Waals surface area contributed by atoms with E-state index in [4.69, 9.17) is 10.7 Å². The molecule has 0 atom stereocenters. The largest absolute Gasteiger partial charge is 0.369 e. The van der Waals surface area contributed by atoms with Gasteiger partial charge in [0, 0.05) is 23.1 Å². The van der Waals surface area contributed by atoms with Crippen molar-refractivity contribution in [2.75, 3.05) is 5.32 Å². The van der Waals surface area contributed by atoms with Gasteiger partial charge in [-0.25, -0.2) is 9.98 Å². The molecule has 7 nitrogen and oxygen atoms in total. The highest BCUT2D eigenvalue weighted by Gasteiger charge is 2.10. The topological polar surface area (TPSA) is 109 Å². The van der Waals surface area contributed by atoms with Gasteiger partial charge in [0.05, 0.1) is 16.9 Å². The molecule has 142 valence electrons. The highest BCUT2D eigenvalue weighted by Crippen LogP contribution is 2.32. The highest BCUT2D eigenvalue weighted by atomic mass is 16.1. The monoisotopic (exact) mass is 375 g/mol. The van der Waals surface area contributed by atoms with Crippen LogP contribution < -0.4 is 16.4 Å². The average molecular weight is 375 g/mol. The smallest absolute Gasteiger partial charge is 0.224 e. The Labute approximate surface area is 162 Å². The lowest BCUT2D eigenvalue weighted by atomic mass is 10.1. The Bertz CT molecular complexity index is 1030. The molecule has 0 aliphatic carbocycles. The van der Waals surface area contributed by atoms with Gasteiger partial charge in [-0.15, -0.1) is 0 Å². The van der Waals surface area contributed by atoms with E-state index in [9.17, 15) is 9.59 Å². The Morgan fingerprint density at radius 1 is 1.18 bits per heavy atom. The zero-order valence-corrected chi connectivity index (χ0v) is 15.5. The van der Waals surface area contributed by atoms with Gasteiger partial charge in [0.1, 0.15) is 0 Å². The highest BCUT2D eigenvalue weighted by molar-refractivity contribution is 6.00. The summed E-state index contributed by atoms with van der Waals surface area (Å²) in [4.78, 5) is 31.6. The molecular weight excluding hydrogens is 354 g/mol. The number of carbonyl (C=O) groups is 2. The molecule has 7 heteroatoms. The second-order valence-corrected chi connectivity index (χ2v) is 6.18. The number of benzene rings is 2. The van der Waals surface area contributed by atoms with E-state index in [1.165, 1.54) is 0 Å². The van der Waals surface area contributed by atoms with Crippen LogP contribution in [0.25, 0.3) is 22.2 Å². The maximum absolute atomic E-state index is 11.9. The Kier molecular flexibility index (Phi) is 5.96. The van der Waals surface area contributed by atoms with Crippen molar-refractivity contribution in [3.05, 3.63) is 54.6 Å². The molecule has 0 unspecified atom stereocenters. The second kappa shape index (κ2) is 8.77. The summed E-state index contributed by atoms with van der Waals surface area (Å²) in [6.07, 6.45) is 1.69. The normalized spacial score (nSPS) is 11.2. The van der Waals surface area contributed by atoms with Gasteiger partial charge < -0.3 is 11.1 Å². The van der Waals surface area contributed by atoms with Crippen molar-refractivity contribution in [1.82, 2.24) is 10.3 Å². The molecule has 1 aromatic heterocycles. The molecule has 28 heavy (non-hydrogen) atoms. The number of guanidine groups is 1. The molecule has 0 saturated heterocycles. The summed E-state index contributed by atoms with van der Waals surface area (Å²) in [6, 6.07) is 16.9. The van der Waals surface area contributed by atoms with Crippen LogP contribution in [-0.4, -0.2) is 23.3 Å². The summed E-state index contributed by atoms with van der Waals surface area (Å²) in [5.41, 5.74) is 9.33. The zero-order chi connectivity index (χ0) is 19.9. The summed E-state index contributed by atoms with van der Waals surface area (Å²) >= 11 is 0. The molecular formula is C21H21N5O2. The quantitative estimate of drug-likeness (QED) is 0.349. The van der Waals surface area contributed by atoms with Crippen LogP contribution in [0, 0.1) is 0 Å². The third-order valence-electron chi connectivity index (χ3n) is 4.06. The summed E-state index contributed by atoms with van der Waals surface area (Å²) < 4.78 is 0. The minimum atomic E-state index is -0.0529. The van der Waals surface area contributed by atoms with Gasteiger partial charge in [0.15, 0.2) is 5.96 Å². The number of fused-ring (bicyclic) bond motifs is 1. The van der Waals surface area contributed by atoms with Gasteiger partial charge >= 0.3 is 0 Å². The number of aliphatic imine (C=N–C) groups is 1. The molecule has 0 fully saturated rings. The Balaban J connectivity index is 2.12. The number of aromatic nitrogens is 1. The van der Waals surface area contributed by atoms with Gasteiger partial charge in [-0.05, 0) is 30.7 Å². The van der Waals surface area contributed by atoms with Crippen LogP contribution in [0.2, 0.25) is 0 Å². The van der Waals surface area contributed by atoms with Gasteiger partial charge in [0.2, 0.25) is 12.3 Å². The van der Waals surface area contributed by atoms with Gasteiger partial charge in [-0.1, -0.05) is 37.3 Å². The number of hydrogen-bond acceptors (Lipinski definition) is 4. The van der Waals surface area contributed by atoms with Crippen LogP contribution in [-0.2, 0) is 9.59 Å². The first-order valence-corrected chi connectivity index (χ1v) is 8.95. The van der Waals surface area contributed by atoms with Crippen LogP contribution in [0.1, 0.15) is 19.8 Å². The number of nitrogens with two attached hydrogens (primary N) is 1. The third-order valence-corrected chi connectivity index (χ3v) is 4.06. The minimum absolute atomic E-state index is 0.0260. The number of nitrogens with zero attached hydrogens (tertiary/aromatic N) is 2. The van der Waals surface area contributed by atoms with Crippen LogP contribution in [0.5, 0.6) is 0 Å². The molecule has 0 saturated carbocycles. The lowest BCUT2D eigenvalue weighted by Crippen LogP contribution is -2.29. The number of anilines is 1. The Morgan fingerprint density at radius 2 is 1.96 bits per heavy atom. The molecule has 0 aliphatic rings. The molecule has 1 heterocycles. The van der Waals surface area contributed by atoms with Crippen molar-refractivity contribution in [2.24, 2.45) is 10.7 Å². The SMILES string of the molecule is CCCC(=O)Nc1ccc2nc(-c3ccccc3)cc(N=C(N)NC=O)c2c1. The maximum atomic E-state index is 11.9. The molecule has 0 spiro atoms. The fourth-order valence-electron chi connectivity index (χ4n) is 2.81. The van der Waals surface area contributed by atoms with Crippen molar-refractivity contribution < 1.29 is 9.59 Å².